The number of Topliss-reactive ketones (excluding diaryl/α,β-unsaturated/α-hetero) is 1. The van der Waals surface area contributed by atoms with Gasteiger partial charge in [-0.3, -0.25) is 4.79 Å². The average molecular weight is 628 g/mol. The van der Waals surface area contributed by atoms with E-state index < -0.39 is 117 Å². The van der Waals surface area contributed by atoms with Crippen molar-refractivity contribution in [2.75, 3.05) is 32.8 Å². The minimum absolute atomic E-state index is 0.0327. The van der Waals surface area contributed by atoms with Gasteiger partial charge in [0.15, 0.2) is 18.4 Å². The van der Waals surface area contributed by atoms with E-state index in [0.717, 1.165) is 0 Å². The monoisotopic (exact) mass is 627 g/mol. The minimum atomic E-state index is -1.58. The molecule has 17 N–H and O–H groups in total. The molecule has 2 saturated heterocycles. The van der Waals surface area contributed by atoms with Crippen LogP contribution in [0.2, 0.25) is 0 Å². The Kier molecular flexibility index (Phi) is 14.0. The second-order valence-corrected chi connectivity index (χ2v) is 11.6. The molecule has 3 rings (SSSR count). The third-order valence-electron chi connectivity index (χ3n) is 8.25. The number of ketones is 1. The van der Waals surface area contributed by atoms with Crippen LogP contribution >= 0.6 is 0 Å². The molecule has 18 nitrogen and oxygen atoms in total. The molecule has 252 valence electrons. The second-order valence-electron chi connectivity index (χ2n) is 11.6. The number of aliphatic hydroxyl groups is 8. The van der Waals surface area contributed by atoms with E-state index in [2.05, 4.69) is 5.32 Å². The highest BCUT2D eigenvalue weighted by Gasteiger charge is 2.51. The first-order chi connectivity index (χ1) is 20.3. The quantitative estimate of drug-likeness (QED) is 0.0850. The third-order valence-corrected chi connectivity index (χ3v) is 8.25. The fourth-order valence-electron chi connectivity index (χ4n) is 5.65. The smallest absolute Gasteiger partial charge is 0.186 e. The van der Waals surface area contributed by atoms with Crippen molar-refractivity contribution in [3.8, 4) is 0 Å². The minimum Gasteiger partial charge on any atom is -0.394 e. The van der Waals surface area contributed by atoms with Crippen molar-refractivity contribution in [1.29, 1.82) is 0 Å². The van der Waals surface area contributed by atoms with Gasteiger partial charge in [0.25, 0.3) is 0 Å². The Labute approximate surface area is 248 Å². The summed E-state index contributed by atoms with van der Waals surface area (Å²) in [5.41, 5.74) is 23.9. The molecule has 0 amide bonds. The SMILES string of the molecule is NC[C@H](O)C(=O)C[C@@H]1C[C@H](N)[C@@H](O[C@H]2O[C@H](CNCC(O)CO)[C@@H](O)C[C@H]2N)[C@H](O)[C@H]1O[C@H]1O[C@H](CO)[C@@H](O)[C@H](N)[C@H]1O. The molecule has 18 heteroatoms. The summed E-state index contributed by atoms with van der Waals surface area (Å²) in [6.45, 7) is -1.30. The van der Waals surface area contributed by atoms with Crippen molar-refractivity contribution in [3.63, 3.8) is 0 Å². The lowest BCUT2D eigenvalue weighted by atomic mass is 9.76. The average Bonchev–Trinajstić information content (AvgIpc) is 2.98. The largest absolute Gasteiger partial charge is 0.394 e. The molecule has 1 aliphatic carbocycles. The van der Waals surface area contributed by atoms with Crippen molar-refractivity contribution in [2.45, 2.75) is 111 Å². The first-order valence-corrected chi connectivity index (χ1v) is 14.4. The molecule has 3 aliphatic rings. The number of ether oxygens (including phenoxy) is 4. The van der Waals surface area contributed by atoms with Crippen LogP contribution in [-0.4, -0.2) is 171 Å². The molecule has 2 aliphatic heterocycles. The predicted molar refractivity (Wildman–Crippen MR) is 145 cm³/mol. The molecule has 1 saturated carbocycles. The first-order valence-electron chi connectivity index (χ1n) is 14.4. The molecule has 0 aromatic heterocycles. The lowest BCUT2D eigenvalue weighted by Crippen LogP contribution is -2.66. The molecular weight excluding hydrogens is 578 g/mol. The summed E-state index contributed by atoms with van der Waals surface area (Å²) in [5.74, 6) is -1.44. The zero-order chi connectivity index (χ0) is 32.0. The van der Waals surface area contributed by atoms with Crippen molar-refractivity contribution in [2.24, 2.45) is 28.9 Å². The highest BCUT2D eigenvalue weighted by molar-refractivity contribution is 5.83. The van der Waals surface area contributed by atoms with Crippen LogP contribution in [0.15, 0.2) is 0 Å². The number of hydrogen-bond acceptors (Lipinski definition) is 18. The van der Waals surface area contributed by atoms with Gasteiger partial charge in [-0.05, 0) is 18.8 Å². The van der Waals surface area contributed by atoms with Crippen LogP contribution in [0.5, 0.6) is 0 Å². The number of nitrogens with one attached hydrogen (secondary N) is 1. The van der Waals surface area contributed by atoms with E-state index in [-0.39, 0.29) is 38.9 Å². The van der Waals surface area contributed by atoms with Crippen molar-refractivity contribution < 1.29 is 64.6 Å². The topological polar surface area (TPSA) is 332 Å². The van der Waals surface area contributed by atoms with E-state index in [1.165, 1.54) is 0 Å². The molecule has 0 spiro atoms. The van der Waals surface area contributed by atoms with Crippen LogP contribution < -0.4 is 28.3 Å². The zero-order valence-corrected chi connectivity index (χ0v) is 23.8. The molecule has 1 unspecified atom stereocenters. The summed E-state index contributed by atoms with van der Waals surface area (Å²) in [4.78, 5) is 12.6. The van der Waals surface area contributed by atoms with Gasteiger partial charge in [-0.1, -0.05) is 0 Å². The van der Waals surface area contributed by atoms with Crippen LogP contribution in [-0.2, 0) is 23.7 Å². The van der Waals surface area contributed by atoms with Crippen molar-refractivity contribution in [1.82, 2.24) is 5.32 Å². The van der Waals surface area contributed by atoms with Crippen LogP contribution in [0.25, 0.3) is 0 Å². The molecular formula is C25H49N5O13. The summed E-state index contributed by atoms with van der Waals surface area (Å²) in [6, 6.07) is -3.00. The number of aliphatic hydroxyl groups excluding tert-OH is 8. The van der Waals surface area contributed by atoms with Crippen molar-refractivity contribution in [3.05, 3.63) is 0 Å². The Morgan fingerprint density at radius 3 is 2.16 bits per heavy atom. The van der Waals surface area contributed by atoms with E-state index in [9.17, 15) is 40.5 Å². The fourth-order valence-corrected chi connectivity index (χ4v) is 5.65. The molecule has 0 aromatic carbocycles. The maximum absolute atomic E-state index is 12.6. The summed E-state index contributed by atoms with van der Waals surface area (Å²) in [6.07, 6.45) is -15.4. The summed E-state index contributed by atoms with van der Waals surface area (Å²) >= 11 is 0. The molecule has 0 aromatic rings. The van der Waals surface area contributed by atoms with Crippen LogP contribution in [0.1, 0.15) is 19.3 Å². The van der Waals surface area contributed by atoms with E-state index in [0.29, 0.717) is 0 Å². The Bertz CT molecular complexity index is 864. The number of carbonyl (C=O) groups is 1. The van der Waals surface area contributed by atoms with Crippen LogP contribution in [0.3, 0.4) is 0 Å². The fraction of sp³-hybridized carbons (Fsp3) is 0.960. The van der Waals surface area contributed by atoms with Gasteiger partial charge in [-0.15, -0.1) is 0 Å². The highest BCUT2D eigenvalue weighted by atomic mass is 16.7. The van der Waals surface area contributed by atoms with Gasteiger partial charge in [0, 0.05) is 32.1 Å². The number of hydrogen-bond donors (Lipinski definition) is 13. The van der Waals surface area contributed by atoms with Gasteiger partial charge in [-0.2, -0.15) is 0 Å². The van der Waals surface area contributed by atoms with Gasteiger partial charge in [0.05, 0.1) is 49.7 Å². The maximum Gasteiger partial charge on any atom is 0.186 e. The summed E-state index contributed by atoms with van der Waals surface area (Å²) < 4.78 is 23.4. The van der Waals surface area contributed by atoms with E-state index in [4.69, 9.17) is 47.0 Å². The summed E-state index contributed by atoms with van der Waals surface area (Å²) in [5, 5.41) is 83.8. The Morgan fingerprint density at radius 1 is 0.884 bits per heavy atom. The Balaban J connectivity index is 1.78. The zero-order valence-electron chi connectivity index (χ0n) is 23.8. The number of rotatable bonds is 14. The molecule has 16 atom stereocenters. The Morgan fingerprint density at radius 2 is 1.53 bits per heavy atom. The first kappa shape index (κ1) is 36.5. The van der Waals surface area contributed by atoms with Crippen molar-refractivity contribution >= 4 is 5.78 Å². The van der Waals surface area contributed by atoms with Gasteiger partial charge >= 0.3 is 0 Å². The molecule has 0 radical (unpaired) electrons. The van der Waals surface area contributed by atoms with Gasteiger partial charge in [-0.25, -0.2) is 0 Å². The van der Waals surface area contributed by atoms with Gasteiger partial charge < -0.3 is 88.1 Å². The maximum atomic E-state index is 12.6. The van der Waals surface area contributed by atoms with Crippen LogP contribution in [0.4, 0.5) is 0 Å². The van der Waals surface area contributed by atoms with E-state index in [1.54, 1.807) is 0 Å². The van der Waals surface area contributed by atoms with E-state index >= 15 is 0 Å². The number of nitrogens with two attached hydrogens (primary N) is 4. The van der Waals surface area contributed by atoms with E-state index in [1.807, 2.05) is 0 Å². The van der Waals surface area contributed by atoms with Gasteiger partial charge in [0.2, 0.25) is 0 Å². The molecule has 0 bridgehead atoms. The normalized spacial score (nSPS) is 43.7. The predicted octanol–water partition coefficient (Wildman–Crippen LogP) is -7.74. The number of carbonyl (C=O) groups excluding carboxylic acids is 1. The second kappa shape index (κ2) is 16.5. The van der Waals surface area contributed by atoms with Crippen LogP contribution in [0, 0.1) is 5.92 Å². The standard InChI is InChI=1S/C25H49N5O13/c26-4-15(36)13(34)2-9-1-11(27)23(21(39)22(9)42-25-20(38)18(29)19(37)17(8-32)41-25)43-24-12(28)3-14(35)16(40-24)6-30-5-10(33)7-31/h9-12,14-25,30-33,35-39H,1-8,26-29H2/t9-,10?,11-,12+,14-,15-,16+,17+,18-,19+,20+,21+,22-,23+,24+,25+/m0/s1. The Hall–Kier alpha value is -1.01. The lowest BCUT2D eigenvalue weighted by molar-refractivity contribution is -0.320. The molecule has 3 fully saturated rings. The van der Waals surface area contributed by atoms with Gasteiger partial charge in [0.1, 0.15) is 36.6 Å². The summed E-state index contributed by atoms with van der Waals surface area (Å²) in [7, 11) is 0. The molecule has 43 heavy (non-hydrogen) atoms. The lowest BCUT2D eigenvalue weighted by Gasteiger charge is -2.48. The molecule has 2 heterocycles. The third kappa shape index (κ3) is 9.05. The highest BCUT2D eigenvalue weighted by Crippen LogP contribution is 2.36.